The highest BCUT2D eigenvalue weighted by Crippen LogP contribution is 2.32. The van der Waals surface area contributed by atoms with Crippen LogP contribution in [0.4, 0.5) is 0 Å². The zero-order valence-corrected chi connectivity index (χ0v) is 15.3. The molecule has 0 amide bonds. The van der Waals surface area contributed by atoms with Gasteiger partial charge < -0.3 is 4.74 Å². The highest BCUT2D eigenvalue weighted by atomic mass is 32.2. The Morgan fingerprint density at radius 2 is 1.64 bits per heavy atom. The second-order valence-electron chi connectivity index (χ2n) is 6.08. The molecule has 1 aliphatic heterocycles. The molecule has 2 heterocycles. The molecule has 1 fully saturated rings. The first-order chi connectivity index (χ1) is 11.7. The van der Waals surface area contributed by atoms with E-state index in [1.807, 2.05) is 6.92 Å². The van der Waals surface area contributed by atoms with Crippen LogP contribution in [0.2, 0.25) is 0 Å². The lowest BCUT2D eigenvalue weighted by molar-refractivity contribution is 0.0843. The number of rotatable bonds is 4. The number of nitrogens with zero attached hydrogens (tertiary/aromatic N) is 1. The Hall–Kier alpha value is -1.68. The maximum absolute atomic E-state index is 13.0. The third-order valence-corrected chi connectivity index (χ3v) is 6.83. The van der Waals surface area contributed by atoms with E-state index in [2.05, 4.69) is 0 Å². The average molecular weight is 385 g/mol. The van der Waals surface area contributed by atoms with Gasteiger partial charge in [0.2, 0.25) is 0 Å². The van der Waals surface area contributed by atoms with Gasteiger partial charge in [0, 0.05) is 31.0 Å². The van der Waals surface area contributed by atoms with Crippen molar-refractivity contribution in [3.8, 4) is 0 Å². The largest absolute Gasteiger partial charge is 0.381 e. The Balaban J connectivity index is 2.16. The molecule has 0 atom stereocenters. The highest BCUT2D eigenvalue weighted by molar-refractivity contribution is 7.90. The van der Waals surface area contributed by atoms with E-state index >= 15 is 0 Å². The summed E-state index contributed by atoms with van der Waals surface area (Å²) in [6.45, 7) is 2.79. The summed E-state index contributed by atoms with van der Waals surface area (Å²) in [6.07, 6.45) is 2.13. The summed E-state index contributed by atoms with van der Waals surface area (Å²) in [5.41, 5.74) is 1.26. The monoisotopic (exact) mass is 385 g/mol. The molecule has 0 radical (unpaired) electrons. The van der Waals surface area contributed by atoms with Crippen molar-refractivity contribution < 1.29 is 26.1 Å². The fourth-order valence-electron chi connectivity index (χ4n) is 2.90. The lowest BCUT2D eigenvalue weighted by atomic mass is 9.97. The Morgan fingerprint density at radius 3 is 2.20 bits per heavy atom. The van der Waals surface area contributed by atoms with Crippen LogP contribution in [-0.4, -0.2) is 38.6 Å². The summed E-state index contributed by atoms with van der Waals surface area (Å²) in [6, 6.07) is 7.54. The standard InChI is InChI=1S/C16H19NO6S2/c1-12-2-4-14(5-3-12)24(18,19)17-11-15(25(20,21)22)10-16(17)13-6-8-23-9-7-13/h2-5,10-11,13H,6-9H2,1H3,(H,20,21,22). The quantitative estimate of drug-likeness (QED) is 0.809. The molecule has 0 bridgehead atoms. The number of benzene rings is 1. The van der Waals surface area contributed by atoms with Gasteiger partial charge in [0.1, 0.15) is 4.90 Å². The van der Waals surface area contributed by atoms with E-state index in [1.165, 1.54) is 18.2 Å². The number of aryl methyl sites for hydroxylation is 1. The van der Waals surface area contributed by atoms with Gasteiger partial charge in [0.25, 0.3) is 20.1 Å². The molecule has 3 rings (SSSR count). The summed E-state index contributed by atoms with van der Waals surface area (Å²) in [4.78, 5) is -0.367. The molecular weight excluding hydrogens is 366 g/mol. The van der Waals surface area contributed by atoms with Crippen LogP contribution in [0.1, 0.15) is 30.0 Å². The molecule has 0 saturated carbocycles. The summed E-state index contributed by atoms with van der Waals surface area (Å²) in [5, 5.41) is 0. The first-order valence-corrected chi connectivity index (χ1v) is 10.7. The molecule has 25 heavy (non-hydrogen) atoms. The Labute approximate surface area is 147 Å². The molecule has 1 aliphatic rings. The predicted octanol–water partition coefficient (Wildman–Crippen LogP) is 2.17. The fraction of sp³-hybridized carbons (Fsp3) is 0.375. The van der Waals surface area contributed by atoms with Crippen molar-refractivity contribution in [1.29, 1.82) is 0 Å². The number of aromatic nitrogens is 1. The number of ether oxygens (including phenoxy) is 1. The van der Waals surface area contributed by atoms with Gasteiger partial charge in [-0.3, -0.25) is 4.55 Å². The smallest absolute Gasteiger partial charge is 0.296 e. The van der Waals surface area contributed by atoms with Gasteiger partial charge in [0.15, 0.2) is 0 Å². The number of hydrogen-bond donors (Lipinski definition) is 1. The van der Waals surface area contributed by atoms with Crippen LogP contribution in [0.15, 0.2) is 46.3 Å². The molecule has 7 nitrogen and oxygen atoms in total. The second-order valence-corrected chi connectivity index (χ2v) is 9.31. The zero-order valence-electron chi connectivity index (χ0n) is 13.6. The van der Waals surface area contributed by atoms with E-state index in [4.69, 9.17) is 4.74 Å². The summed E-state index contributed by atoms with van der Waals surface area (Å²) in [7, 11) is -8.48. The maximum Gasteiger partial charge on any atom is 0.296 e. The Morgan fingerprint density at radius 1 is 1.04 bits per heavy atom. The lowest BCUT2D eigenvalue weighted by Gasteiger charge is -2.23. The Kier molecular flexibility index (Phi) is 4.76. The van der Waals surface area contributed by atoms with Gasteiger partial charge in [-0.25, -0.2) is 12.4 Å². The van der Waals surface area contributed by atoms with Crippen LogP contribution in [0, 0.1) is 6.92 Å². The van der Waals surface area contributed by atoms with E-state index in [-0.39, 0.29) is 10.8 Å². The van der Waals surface area contributed by atoms with E-state index in [1.54, 1.807) is 12.1 Å². The van der Waals surface area contributed by atoms with E-state index in [0.717, 1.165) is 15.7 Å². The summed E-state index contributed by atoms with van der Waals surface area (Å²) in [5.74, 6) is -0.163. The lowest BCUT2D eigenvalue weighted by Crippen LogP contribution is -2.21. The van der Waals surface area contributed by atoms with Crippen LogP contribution >= 0.6 is 0 Å². The van der Waals surface area contributed by atoms with Crippen molar-refractivity contribution in [3.63, 3.8) is 0 Å². The molecule has 0 spiro atoms. The third kappa shape index (κ3) is 3.64. The SMILES string of the molecule is Cc1ccc(S(=O)(=O)n2cc(S(=O)(=O)O)cc2C2CCOCC2)cc1. The molecule has 0 aliphatic carbocycles. The molecule has 1 saturated heterocycles. The van der Waals surface area contributed by atoms with Crippen molar-refractivity contribution in [1.82, 2.24) is 3.97 Å². The molecular formula is C16H19NO6S2. The average Bonchev–Trinajstić information content (AvgIpc) is 3.02. The normalized spacial score (nSPS) is 16.9. The fourth-order valence-corrected chi connectivity index (χ4v) is 4.91. The van der Waals surface area contributed by atoms with Crippen molar-refractivity contribution >= 4 is 20.1 Å². The second kappa shape index (κ2) is 6.56. The van der Waals surface area contributed by atoms with Crippen molar-refractivity contribution in [2.24, 2.45) is 0 Å². The minimum absolute atomic E-state index is 0.0592. The van der Waals surface area contributed by atoms with Gasteiger partial charge >= 0.3 is 0 Å². The first-order valence-electron chi connectivity index (χ1n) is 7.79. The predicted molar refractivity (Wildman–Crippen MR) is 90.8 cm³/mol. The van der Waals surface area contributed by atoms with E-state index < -0.39 is 25.0 Å². The zero-order chi connectivity index (χ0) is 18.2. The van der Waals surface area contributed by atoms with Crippen molar-refractivity contribution in [2.75, 3.05) is 13.2 Å². The molecule has 136 valence electrons. The Bertz CT molecular complexity index is 968. The van der Waals surface area contributed by atoms with Gasteiger partial charge in [-0.1, -0.05) is 17.7 Å². The molecule has 9 heteroatoms. The topological polar surface area (TPSA) is 103 Å². The van der Waals surface area contributed by atoms with Gasteiger partial charge in [-0.15, -0.1) is 0 Å². The van der Waals surface area contributed by atoms with Crippen molar-refractivity contribution in [3.05, 3.63) is 47.8 Å². The van der Waals surface area contributed by atoms with E-state index in [9.17, 15) is 21.4 Å². The van der Waals surface area contributed by atoms with Crippen LogP contribution < -0.4 is 0 Å². The number of hydrogen-bond acceptors (Lipinski definition) is 5. The van der Waals surface area contributed by atoms with Gasteiger partial charge in [-0.2, -0.15) is 8.42 Å². The van der Waals surface area contributed by atoms with Crippen LogP contribution in [0.3, 0.4) is 0 Å². The molecule has 1 aromatic carbocycles. The van der Waals surface area contributed by atoms with Gasteiger partial charge in [0.05, 0.1) is 4.90 Å². The first kappa shape index (κ1) is 18.1. The van der Waals surface area contributed by atoms with E-state index in [0.29, 0.717) is 31.7 Å². The molecule has 1 N–H and O–H groups in total. The minimum atomic E-state index is -4.51. The van der Waals surface area contributed by atoms with Crippen LogP contribution in [-0.2, 0) is 24.9 Å². The van der Waals surface area contributed by atoms with Gasteiger partial charge in [-0.05, 0) is 38.0 Å². The van der Waals surface area contributed by atoms with Crippen LogP contribution in [0.25, 0.3) is 0 Å². The molecule has 0 unspecified atom stereocenters. The van der Waals surface area contributed by atoms with Crippen molar-refractivity contribution in [2.45, 2.75) is 35.5 Å². The third-order valence-electron chi connectivity index (χ3n) is 4.30. The molecule has 2 aromatic rings. The maximum atomic E-state index is 13.0. The molecule has 1 aromatic heterocycles. The van der Waals surface area contributed by atoms with Crippen LogP contribution in [0.5, 0.6) is 0 Å². The summed E-state index contributed by atoms with van der Waals surface area (Å²) >= 11 is 0. The summed E-state index contributed by atoms with van der Waals surface area (Å²) < 4.78 is 64.6. The highest BCUT2D eigenvalue weighted by Gasteiger charge is 2.29. The minimum Gasteiger partial charge on any atom is -0.381 e.